The molecule has 1 unspecified atom stereocenters. The zero-order chi connectivity index (χ0) is 11.6. The van der Waals surface area contributed by atoms with Gasteiger partial charge in [-0.15, -0.1) is 0 Å². The van der Waals surface area contributed by atoms with E-state index in [1.54, 1.807) is 12.5 Å². The van der Waals surface area contributed by atoms with E-state index in [9.17, 15) is 5.11 Å². The summed E-state index contributed by atoms with van der Waals surface area (Å²) in [7, 11) is 0. The molecule has 1 aromatic heterocycles. The van der Waals surface area contributed by atoms with Gasteiger partial charge in [0, 0.05) is 24.2 Å². The summed E-state index contributed by atoms with van der Waals surface area (Å²) < 4.78 is 10.3. The Balaban J connectivity index is 2.10. The Kier molecular flexibility index (Phi) is 3.33. The molecule has 1 atom stereocenters. The molecule has 0 amide bonds. The normalized spacial score (nSPS) is 20.9. The van der Waals surface area contributed by atoms with Crippen molar-refractivity contribution in [1.29, 1.82) is 0 Å². The summed E-state index contributed by atoms with van der Waals surface area (Å²) in [5, 5.41) is 10.3. The lowest BCUT2D eigenvalue weighted by atomic mass is 9.90. The number of ether oxygens (including phenoxy) is 1. The molecule has 1 fully saturated rings. The van der Waals surface area contributed by atoms with Crippen LogP contribution in [0.2, 0.25) is 0 Å². The monoisotopic (exact) mass is 225 g/mol. The second-order valence-electron chi connectivity index (χ2n) is 4.71. The summed E-state index contributed by atoms with van der Waals surface area (Å²) in [6.45, 7) is 7.30. The fourth-order valence-corrected chi connectivity index (χ4v) is 2.15. The number of hydrogen-bond acceptors (Lipinski definition) is 4. The highest BCUT2D eigenvalue weighted by Crippen LogP contribution is 2.31. The summed E-state index contributed by atoms with van der Waals surface area (Å²) in [6, 6.07) is 1.81. The van der Waals surface area contributed by atoms with Crippen LogP contribution in [0.25, 0.3) is 0 Å². The minimum absolute atomic E-state index is 0.298. The van der Waals surface area contributed by atoms with Crippen molar-refractivity contribution in [3.8, 4) is 0 Å². The Hall–Kier alpha value is -0.840. The molecule has 16 heavy (non-hydrogen) atoms. The number of rotatable bonds is 3. The lowest BCUT2D eigenvalue weighted by Gasteiger charge is -2.43. The zero-order valence-electron chi connectivity index (χ0n) is 9.85. The molecule has 1 aliphatic rings. The summed E-state index contributed by atoms with van der Waals surface area (Å²) in [5.74, 6) is 0. The first-order valence-corrected chi connectivity index (χ1v) is 5.65. The van der Waals surface area contributed by atoms with Crippen LogP contribution in [0, 0.1) is 0 Å². The lowest BCUT2D eigenvalue weighted by molar-refractivity contribution is -0.0631. The SMILES string of the molecule is CC(C)(C(O)c1ccoc1)N1CCOCC1. The van der Waals surface area contributed by atoms with Gasteiger partial charge in [-0.25, -0.2) is 0 Å². The first-order valence-electron chi connectivity index (χ1n) is 5.65. The molecular weight excluding hydrogens is 206 g/mol. The smallest absolute Gasteiger partial charge is 0.0999 e. The van der Waals surface area contributed by atoms with Crippen LogP contribution in [0.15, 0.2) is 23.0 Å². The maximum atomic E-state index is 10.3. The molecule has 1 N–H and O–H groups in total. The van der Waals surface area contributed by atoms with Gasteiger partial charge < -0.3 is 14.3 Å². The Morgan fingerprint density at radius 1 is 1.38 bits per heavy atom. The highest BCUT2D eigenvalue weighted by Gasteiger charge is 2.36. The molecule has 0 aliphatic carbocycles. The Labute approximate surface area is 95.8 Å². The third kappa shape index (κ3) is 2.14. The molecule has 90 valence electrons. The van der Waals surface area contributed by atoms with Crippen LogP contribution in [0.3, 0.4) is 0 Å². The van der Waals surface area contributed by atoms with Gasteiger partial charge in [0.05, 0.1) is 31.8 Å². The van der Waals surface area contributed by atoms with Gasteiger partial charge in [-0.1, -0.05) is 0 Å². The van der Waals surface area contributed by atoms with Gasteiger partial charge in [-0.05, 0) is 19.9 Å². The predicted molar refractivity (Wildman–Crippen MR) is 60.1 cm³/mol. The maximum absolute atomic E-state index is 10.3. The molecule has 0 spiro atoms. The van der Waals surface area contributed by atoms with Gasteiger partial charge in [-0.3, -0.25) is 4.90 Å². The van der Waals surface area contributed by atoms with Crippen molar-refractivity contribution < 1.29 is 14.3 Å². The number of hydrogen-bond donors (Lipinski definition) is 1. The first-order chi connectivity index (χ1) is 7.62. The molecule has 4 nitrogen and oxygen atoms in total. The number of nitrogens with zero attached hydrogens (tertiary/aromatic N) is 1. The van der Waals surface area contributed by atoms with Crippen LogP contribution < -0.4 is 0 Å². The van der Waals surface area contributed by atoms with Gasteiger partial charge in [0.15, 0.2) is 0 Å². The predicted octanol–water partition coefficient (Wildman–Crippen LogP) is 1.42. The molecule has 0 aromatic carbocycles. The quantitative estimate of drug-likeness (QED) is 0.845. The fraction of sp³-hybridized carbons (Fsp3) is 0.667. The molecule has 2 heterocycles. The van der Waals surface area contributed by atoms with E-state index in [0.29, 0.717) is 0 Å². The maximum Gasteiger partial charge on any atom is 0.0999 e. The molecule has 0 radical (unpaired) electrons. The fourth-order valence-electron chi connectivity index (χ4n) is 2.15. The molecule has 0 bridgehead atoms. The number of aliphatic hydroxyl groups is 1. The van der Waals surface area contributed by atoms with Crippen LogP contribution in [0.1, 0.15) is 25.5 Å². The Morgan fingerprint density at radius 3 is 2.62 bits per heavy atom. The molecular formula is C12H19NO3. The first kappa shape index (κ1) is 11.6. The minimum Gasteiger partial charge on any atom is -0.472 e. The standard InChI is InChI=1S/C12H19NO3/c1-12(2,13-4-7-15-8-5-13)11(14)10-3-6-16-9-10/h3,6,9,11,14H,4-5,7-8H2,1-2H3. The second kappa shape index (κ2) is 4.57. The average molecular weight is 225 g/mol. The zero-order valence-corrected chi connectivity index (χ0v) is 9.85. The van der Waals surface area contributed by atoms with E-state index in [0.717, 1.165) is 31.9 Å². The van der Waals surface area contributed by atoms with Crippen molar-refractivity contribution in [2.24, 2.45) is 0 Å². The summed E-state index contributed by atoms with van der Waals surface area (Å²) >= 11 is 0. The van der Waals surface area contributed by atoms with Crippen molar-refractivity contribution in [3.63, 3.8) is 0 Å². The van der Waals surface area contributed by atoms with E-state index in [-0.39, 0.29) is 5.54 Å². The van der Waals surface area contributed by atoms with Gasteiger partial charge >= 0.3 is 0 Å². The molecule has 0 saturated carbocycles. The van der Waals surface area contributed by atoms with E-state index in [1.165, 1.54) is 0 Å². The van der Waals surface area contributed by atoms with Crippen molar-refractivity contribution in [2.75, 3.05) is 26.3 Å². The van der Waals surface area contributed by atoms with Gasteiger partial charge in [0.1, 0.15) is 0 Å². The van der Waals surface area contributed by atoms with Gasteiger partial charge in [0.25, 0.3) is 0 Å². The van der Waals surface area contributed by atoms with Crippen LogP contribution in [0.5, 0.6) is 0 Å². The van der Waals surface area contributed by atoms with Gasteiger partial charge in [0.2, 0.25) is 0 Å². The topological polar surface area (TPSA) is 45.8 Å². The van der Waals surface area contributed by atoms with Crippen LogP contribution in [0.4, 0.5) is 0 Å². The Morgan fingerprint density at radius 2 is 2.06 bits per heavy atom. The van der Waals surface area contributed by atoms with Crippen LogP contribution in [-0.4, -0.2) is 41.8 Å². The molecule has 1 saturated heterocycles. The van der Waals surface area contributed by atoms with E-state index < -0.39 is 6.10 Å². The third-order valence-electron chi connectivity index (χ3n) is 3.35. The largest absolute Gasteiger partial charge is 0.472 e. The van der Waals surface area contributed by atoms with Crippen molar-refractivity contribution >= 4 is 0 Å². The number of aliphatic hydroxyl groups excluding tert-OH is 1. The highest BCUT2D eigenvalue weighted by atomic mass is 16.5. The highest BCUT2D eigenvalue weighted by molar-refractivity contribution is 5.14. The van der Waals surface area contributed by atoms with Crippen molar-refractivity contribution in [3.05, 3.63) is 24.2 Å². The number of furan rings is 1. The van der Waals surface area contributed by atoms with Gasteiger partial charge in [-0.2, -0.15) is 0 Å². The molecule has 2 rings (SSSR count). The summed E-state index contributed by atoms with van der Waals surface area (Å²) in [4.78, 5) is 2.26. The minimum atomic E-state index is -0.538. The van der Waals surface area contributed by atoms with E-state index in [4.69, 9.17) is 9.15 Å². The molecule has 1 aliphatic heterocycles. The van der Waals surface area contributed by atoms with E-state index >= 15 is 0 Å². The van der Waals surface area contributed by atoms with Crippen LogP contribution in [-0.2, 0) is 4.74 Å². The Bertz CT molecular complexity index is 315. The number of morpholine rings is 1. The summed E-state index contributed by atoms with van der Waals surface area (Å²) in [6.07, 6.45) is 2.66. The second-order valence-corrected chi connectivity index (χ2v) is 4.71. The van der Waals surface area contributed by atoms with Crippen LogP contribution >= 0.6 is 0 Å². The third-order valence-corrected chi connectivity index (χ3v) is 3.35. The van der Waals surface area contributed by atoms with Crippen molar-refractivity contribution in [1.82, 2.24) is 4.90 Å². The van der Waals surface area contributed by atoms with Crippen molar-refractivity contribution in [2.45, 2.75) is 25.5 Å². The molecule has 4 heteroatoms. The van der Waals surface area contributed by atoms with E-state index in [1.807, 2.05) is 6.07 Å². The summed E-state index contributed by atoms with van der Waals surface area (Å²) in [5.41, 5.74) is 0.532. The lowest BCUT2D eigenvalue weighted by Crippen LogP contribution is -2.53. The molecule has 1 aromatic rings. The average Bonchev–Trinajstić information content (AvgIpc) is 2.82. The van der Waals surface area contributed by atoms with E-state index in [2.05, 4.69) is 18.7 Å².